The highest BCUT2D eigenvalue weighted by Gasteiger charge is 2.15. The van der Waals surface area contributed by atoms with Gasteiger partial charge in [0, 0.05) is 11.9 Å². The normalized spacial score (nSPS) is 11.8. The molecule has 2 aromatic rings. The standard InChI is InChI=1S/C12H15N5O/c1-7-8(2)15-17(9(7)3)12-10(11(13)16-18)5-4-6-14-12/h4-6,18H,1-3H3,(H2,13,16). The minimum Gasteiger partial charge on any atom is -0.409 e. The molecule has 2 rings (SSSR count). The maximum Gasteiger partial charge on any atom is 0.173 e. The smallest absolute Gasteiger partial charge is 0.173 e. The van der Waals surface area contributed by atoms with Crippen molar-refractivity contribution in [3.63, 3.8) is 0 Å². The molecule has 2 aromatic heterocycles. The van der Waals surface area contributed by atoms with E-state index >= 15 is 0 Å². The molecule has 0 atom stereocenters. The molecule has 3 N–H and O–H groups in total. The molecule has 6 heteroatoms. The third-order valence-electron chi connectivity index (χ3n) is 3.02. The maximum atomic E-state index is 8.79. The summed E-state index contributed by atoms with van der Waals surface area (Å²) in [6.07, 6.45) is 1.65. The second-order valence-corrected chi connectivity index (χ2v) is 4.07. The molecule has 2 heterocycles. The molecule has 0 fully saturated rings. The molecular weight excluding hydrogens is 230 g/mol. The lowest BCUT2D eigenvalue weighted by atomic mass is 10.2. The van der Waals surface area contributed by atoms with Gasteiger partial charge in [0.25, 0.3) is 0 Å². The number of hydrogen-bond acceptors (Lipinski definition) is 4. The van der Waals surface area contributed by atoms with Crippen LogP contribution >= 0.6 is 0 Å². The molecule has 0 saturated carbocycles. The second kappa shape index (κ2) is 4.48. The van der Waals surface area contributed by atoms with Crippen LogP contribution in [0.15, 0.2) is 23.5 Å². The predicted molar refractivity (Wildman–Crippen MR) is 68.1 cm³/mol. The summed E-state index contributed by atoms with van der Waals surface area (Å²) in [4.78, 5) is 4.26. The zero-order valence-electron chi connectivity index (χ0n) is 10.5. The fraction of sp³-hybridized carbons (Fsp3) is 0.250. The number of nitrogens with zero attached hydrogens (tertiary/aromatic N) is 4. The van der Waals surface area contributed by atoms with E-state index in [4.69, 9.17) is 10.9 Å². The molecule has 0 amide bonds. The Morgan fingerprint density at radius 2 is 2.11 bits per heavy atom. The SMILES string of the molecule is Cc1nn(-c2ncccc2C(N)=NO)c(C)c1C. The number of nitrogens with two attached hydrogens (primary N) is 1. The molecular formula is C12H15N5O. The Morgan fingerprint density at radius 1 is 1.39 bits per heavy atom. The Kier molecular flexibility index (Phi) is 3.01. The van der Waals surface area contributed by atoms with Crippen LogP contribution in [-0.2, 0) is 0 Å². The van der Waals surface area contributed by atoms with Gasteiger partial charge >= 0.3 is 0 Å². The number of pyridine rings is 1. The van der Waals surface area contributed by atoms with Gasteiger partial charge in [-0.05, 0) is 38.5 Å². The van der Waals surface area contributed by atoms with Gasteiger partial charge < -0.3 is 10.9 Å². The van der Waals surface area contributed by atoms with Crippen LogP contribution in [0.1, 0.15) is 22.5 Å². The van der Waals surface area contributed by atoms with E-state index in [0.717, 1.165) is 17.0 Å². The zero-order chi connectivity index (χ0) is 13.3. The van der Waals surface area contributed by atoms with Crippen molar-refractivity contribution in [2.24, 2.45) is 10.9 Å². The Balaban J connectivity index is 2.68. The quantitative estimate of drug-likeness (QED) is 0.361. The average Bonchev–Trinajstić information content (AvgIpc) is 2.65. The molecule has 0 unspecified atom stereocenters. The van der Waals surface area contributed by atoms with Crippen LogP contribution in [0.4, 0.5) is 0 Å². The van der Waals surface area contributed by atoms with Crippen LogP contribution in [-0.4, -0.2) is 25.8 Å². The Hall–Kier alpha value is -2.37. The number of amidine groups is 1. The summed E-state index contributed by atoms with van der Waals surface area (Å²) < 4.78 is 1.71. The summed E-state index contributed by atoms with van der Waals surface area (Å²) in [5, 5.41) is 16.2. The van der Waals surface area contributed by atoms with Crippen molar-refractivity contribution in [2.75, 3.05) is 0 Å². The van der Waals surface area contributed by atoms with E-state index in [1.54, 1.807) is 23.0 Å². The van der Waals surface area contributed by atoms with Crippen molar-refractivity contribution in [3.8, 4) is 5.82 Å². The summed E-state index contributed by atoms with van der Waals surface area (Å²) >= 11 is 0. The second-order valence-electron chi connectivity index (χ2n) is 4.07. The number of aromatic nitrogens is 3. The first-order valence-corrected chi connectivity index (χ1v) is 5.52. The highest BCUT2D eigenvalue weighted by Crippen LogP contribution is 2.17. The van der Waals surface area contributed by atoms with Gasteiger partial charge in [-0.1, -0.05) is 5.16 Å². The molecule has 0 aliphatic heterocycles. The number of oxime groups is 1. The third kappa shape index (κ3) is 1.81. The summed E-state index contributed by atoms with van der Waals surface area (Å²) in [7, 11) is 0. The molecule has 0 spiro atoms. The van der Waals surface area contributed by atoms with Gasteiger partial charge in [-0.25, -0.2) is 9.67 Å². The topological polar surface area (TPSA) is 89.3 Å². The largest absolute Gasteiger partial charge is 0.409 e. The molecule has 0 saturated heterocycles. The molecule has 0 bridgehead atoms. The Labute approximate surface area is 105 Å². The van der Waals surface area contributed by atoms with E-state index in [2.05, 4.69) is 15.2 Å². The van der Waals surface area contributed by atoms with Crippen molar-refractivity contribution >= 4 is 5.84 Å². The highest BCUT2D eigenvalue weighted by atomic mass is 16.4. The summed E-state index contributed by atoms with van der Waals surface area (Å²) in [5.41, 5.74) is 9.21. The van der Waals surface area contributed by atoms with Gasteiger partial charge in [0.2, 0.25) is 0 Å². The van der Waals surface area contributed by atoms with Crippen LogP contribution in [0, 0.1) is 20.8 Å². The summed E-state index contributed by atoms with van der Waals surface area (Å²) in [6, 6.07) is 3.47. The van der Waals surface area contributed by atoms with Crippen LogP contribution in [0.3, 0.4) is 0 Å². The van der Waals surface area contributed by atoms with E-state index in [-0.39, 0.29) is 5.84 Å². The summed E-state index contributed by atoms with van der Waals surface area (Å²) in [6.45, 7) is 5.89. The van der Waals surface area contributed by atoms with Crippen LogP contribution in [0.5, 0.6) is 0 Å². The van der Waals surface area contributed by atoms with E-state index in [1.807, 2.05) is 20.8 Å². The first-order chi connectivity index (χ1) is 8.56. The molecule has 18 heavy (non-hydrogen) atoms. The van der Waals surface area contributed by atoms with Gasteiger partial charge in [0.05, 0.1) is 11.3 Å². The van der Waals surface area contributed by atoms with Gasteiger partial charge in [-0.2, -0.15) is 5.10 Å². The van der Waals surface area contributed by atoms with Gasteiger partial charge in [0.15, 0.2) is 11.7 Å². The fourth-order valence-corrected chi connectivity index (χ4v) is 1.75. The lowest BCUT2D eigenvalue weighted by Crippen LogP contribution is -2.18. The monoisotopic (exact) mass is 245 g/mol. The average molecular weight is 245 g/mol. The minimum atomic E-state index is 0.0170. The highest BCUT2D eigenvalue weighted by molar-refractivity contribution is 5.99. The number of aryl methyl sites for hydroxylation is 1. The number of hydrogen-bond donors (Lipinski definition) is 2. The molecule has 0 radical (unpaired) electrons. The number of rotatable bonds is 2. The lowest BCUT2D eigenvalue weighted by Gasteiger charge is -2.08. The van der Waals surface area contributed by atoms with Crippen molar-refractivity contribution < 1.29 is 5.21 Å². The maximum absolute atomic E-state index is 8.79. The Morgan fingerprint density at radius 3 is 2.67 bits per heavy atom. The summed E-state index contributed by atoms with van der Waals surface area (Å²) in [5.74, 6) is 0.574. The molecule has 0 aliphatic carbocycles. The van der Waals surface area contributed by atoms with Crippen molar-refractivity contribution in [1.82, 2.24) is 14.8 Å². The fourth-order valence-electron chi connectivity index (χ4n) is 1.75. The molecule has 6 nitrogen and oxygen atoms in total. The van der Waals surface area contributed by atoms with Gasteiger partial charge in [0.1, 0.15) is 0 Å². The first kappa shape index (κ1) is 12.1. The van der Waals surface area contributed by atoms with Crippen LogP contribution < -0.4 is 5.73 Å². The van der Waals surface area contributed by atoms with E-state index in [0.29, 0.717) is 11.4 Å². The molecule has 0 aliphatic rings. The lowest BCUT2D eigenvalue weighted by molar-refractivity contribution is 0.318. The van der Waals surface area contributed by atoms with Gasteiger partial charge in [-0.15, -0.1) is 0 Å². The van der Waals surface area contributed by atoms with Crippen LogP contribution in [0.25, 0.3) is 5.82 Å². The van der Waals surface area contributed by atoms with E-state index in [1.165, 1.54) is 0 Å². The predicted octanol–water partition coefficient (Wildman–Crippen LogP) is 1.29. The zero-order valence-corrected chi connectivity index (χ0v) is 10.5. The van der Waals surface area contributed by atoms with E-state index < -0.39 is 0 Å². The Bertz CT molecular complexity index is 615. The van der Waals surface area contributed by atoms with Gasteiger partial charge in [-0.3, -0.25) is 0 Å². The van der Waals surface area contributed by atoms with Crippen molar-refractivity contribution in [1.29, 1.82) is 0 Å². The molecule has 0 aromatic carbocycles. The van der Waals surface area contributed by atoms with Crippen molar-refractivity contribution in [3.05, 3.63) is 40.8 Å². The van der Waals surface area contributed by atoms with Crippen molar-refractivity contribution in [2.45, 2.75) is 20.8 Å². The van der Waals surface area contributed by atoms with E-state index in [9.17, 15) is 0 Å². The minimum absolute atomic E-state index is 0.0170. The first-order valence-electron chi connectivity index (χ1n) is 5.52. The van der Waals surface area contributed by atoms with Crippen LogP contribution in [0.2, 0.25) is 0 Å². The third-order valence-corrected chi connectivity index (χ3v) is 3.02. The molecule has 94 valence electrons.